The van der Waals surface area contributed by atoms with Gasteiger partial charge in [-0.2, -0.15) is 5.26 Å². The molecule has 2 aromatic rings. The summed E-state index contributed by atoms with van der Waals surface area (Å²) in [5.41, 5.74) is 1.65. The summed E-state index contributed by atoms with van der Waals surface area (Å²) in [6.45, 7) is 0. The van der Waals surface area contributed by atoms with Gasteiger partial charge in [0.25, 0.3) is 0 Å². The summed E-state index contributed by atoms with van der Waals surface area (Å²) in [7, 11) is 0. The number of hydrogen-bond acceptors (Lipinski definition) is 2. The van der Waals surface area contributed by atoms with Gasteiger partial charge in [0.15, 0.2) is 0 Å². The van der Waals surface area contributed by atoms with Crippen LogP contribution in [0.3, 0.4) is 0 Å². The van der Waals surface area contributed by atoms with Gasteiger partial charge in [-0.3, -0.25) is 0 Å². The summed E-state index contributed by atoms with van der Waals surface area (Å²) in [6, 6.07) is 14.2. The lowest BCUT2D eigenvalue weighted by molar-refractivity contribution is 0.477. The lowest BCUT2D eigenvalue weighted by atomic mass is 10.0. The second-order valence-corrected chi connectivity index (χ2v) is 3.68. The number of aromatic hydroxyl groups is 1. The van der Waals surface area contributed by atoms with Gasteiger partial charge in [0.1, 0.15) is 11.8 Å². The fourth-order valence-corrected chi connectivity index (χ4v) is 1.84. The number of phenolic OH excluding ortho intramolecular Hbond substituents is 1. The van der Waals surface area contributed by atoms with Gasteiger partial charge in [-0.25, -0.2) is 0 Å². The Bertz CT molecular complexity index is 558. The molecule has 0 aliphatic rings. The van der Waals surface area contributed by atoms with Gasteiger partial charge in [-0.15, -0.1) is 0 Å². The van der Waals surface area contributed by atoms with Crippen LogP contribution in [0.15, 0.2) is 42.5 Å². The van der Waals surface area contributed by atoms with Crippen LogP contribution in [-0.4, -0.2) is 5.11 Å². The predicted octanol–water partition coefficient (Wildman–Crippen LogP) is 3.58. The highest BCUT2D eigenvalue weighted by molar-refractivity contribution is 6.34. The molecule has 78 valence electrons. The summed E-state index contributed by atoms with van der Waals surface area (Å²) in [6.07, 6.45) is 0. The molecule has 0 aliphatic heterocycles. The molecule has 0 atom stereocenters. The van der Waals surface area contributed by atoms with E-state index in [0.717, 1.165) is 5.56 Å². The topological polar surface area (TPSA) is 44.0 Å². The first-order chi connectivity index (χ1) is 7.74. The van der Waals surface area contributed by atoms with Crippen LogP contribution in [-0.2, 0) is 0 Å². The molecule has 0 radical (unpaired) electrons. The van der Waals surface area contributed by atoms with Crippen molar-refractivity contribution in [2.45, 2.75) is 0 Å². The Morgan fingerprint density at radius 2 is 1.75 bits per heavy atom. The molecule has 2 rings (SSSR count). The SMILES string of the molecule is N#Cc1ccc(O)c(-c2ccccc2)c1Cl. The number of rotatable bonds is 1. The molecular formula is C13H8ClNO. The Morgan fingerprint density at radius 1 is 1.06 bits per heavy atom. The second kappa shape index (κ2) is 4.26. The van der Waals surface area contributed by atoms with Crippen molar-refractivity contribution in [1.82, 2.24) is 0 Å². The average molecular weight is 230 g/mol. The Kier molecular flexibility index (Phi) is 2.80. The van der Waals surface area contributed by atoms with E-state index in [1.807, 2.05) is 36.4 Å². The van der Waals surface area contributed by atoms with Crippen molar-refractivity contribution in [1.29, 1.82) is 5.26 Å². The van der Waals surface area contributed by atoms with Crippen molar-refractivity contribution in [3.05, 3.63) is 53.1 Å². The van der Waals surface area contributed by atoms with Gasteiger partial charge < -0.3 is 5.11 Å². The van der Waals surface area contributed by atoms with Crippen LogP contribution >= 0.6 is 11.6 Å². The largest absolute Gasteiger partial charge is 0.507 e. The predicted molar refractivity (Wildman–Crippen MR) is 63.3 cm³/mol. The van der Waals surface area contributed by atoms with Crippen molar-refractivity contribution in [2.24, 2.45) is 0 Å². The number of nitrogens with zero attached hydrogens (tertiary/aromatic N) is 1. The van der Waals surface area contributed by atoms with E-state index in [9.17, 15) is 5.11 Å². The maximum absolute atomic E-state index is 9.77. The molecule has 0 amide bonds. The zero-order chi connectivity index (χ0) is 11.5. The molecule has 0 aliphatic carbocycles. The van der Waals surface area contributed by atoms with Gasteiger partial charge in [0, 0.05) is 5.56 Å². The molecule has 0 unspecified atom stereocenters. The molecule has 0 aromatic heterocycles. The maximum Gasteiger partial charge on any atom is 0.124 e. The zero-order valence-corrected chi connectivity index (χ0v) is 9.07. The fraction of sp³-hybridized carbons (Fsp3) is 0. The van der Waals surface area contributed by atoms with Gasteiger partial charge >= 0.3 is 0 Å². The summed E-state index contributed by atoms with van der Waals surface area (Å²) < 4.78 is 0. The Morgan fingerprint density at radius 3 is 2.38 bits per heavy atom. The van der Waals surface area contributed by atoms with Crippen LogP contribution in [0.2, 0.25) is 5.02 Å². The molecule has 0 spiro atoms. The van der Waals surface area contributed by atoms with Gasteiger partial charge in [-0.1, -0.05) is 41.9 Å². The quantitative estimate of drug-likeness (QED) is 0.812. The summed E-state index contributed by atoms with van der Waals surface area (Å²) in [5.74, 6) is 0.0789. The molecule has 0 saturated carbocycles. The van der Waals surface area contributed by atoms with Crippen LogP contribution in [0.1, 0.15) is 5.56 Å². The minimum absolute atomic E-state index is 0.0789. The molecule has 3 heteroatoms. The number of halogens is 1. The van der Waals surface area contributed by atoms with Crippen LogP contribution < -0.4 is 0 Å². The molecule has 0 fully saturated rings. The second-order valence-electron chi connectivity index (χ2n) is 3.30. The van der Waals surface area contributed by atoms with E-state index >= 15 is 0 Å². The van der Waals surface area contributed by atoms with Crippen LogP contribution in [0.4, 0.5) is 0 Å². The molecule has 0 saturated heterocycles. The van der Waals surface area contributed by atoms with Crippen molar-refractivity contribution < 1.29 is 5.11 Å². The van der Waals surface area contributed by atoms with Crippen molar-refractivity contribution in [3.8, 4) is 22.9 Å². The third kappa shape index (κ3) is 1.73. The number of hydrogen-bond donors (Lipinski definition) is 1. The monoisotopic (exact) mass is 229 g/mol. The van der Waals surface area contributed by atoms with E-state index in [-0.39, 0.29) is 10.8 Å². The molecule has 0 bridgehead atoms. The summed E-state index contributed by atoms with van der Waals surface area (Å²) in [4.78, 5) is 0. The lowest BCUT2D eigenvalue weighted by Gasteiger charge is -2.08. The van der Waals surface area contributed by atoms with E-state index in [1.165, 1.54) is 12.1 Å². The zero-order valence-electron chi connectivity index (χ0n) is 8.31. The summed E-state index contributed by atoms with van der Waals surface area (Å²) in [5, 5.41) is 18.9. The van der Waals surface area contributed by atoms with E-state index in [0.29, 0.717) is 11.1 Å². The molecule has 2 nitrogen and oxygen atoms in total. The molecule has 1 N–H and O–H groups in total. The first-order valence-electron chi connectivity index (χ1n) is 4.71. The molecular weight excluding hydrogens is 222 g/mol. The number of nitriles is 1. The number of phenols is 1. The highest BCUT2D eigenvalue weighted by Gasteiger charge is 2.12. The molecule has 16 heavy (non-hydrogen) atoms. The standard InChI is InChI=1S/C13H8ClNO/c14-13-10(8-15)6-7-11(16)12(13)9-4-2-1-3-5-9/h1-7,16H. The third-order valence-electron chi connectivity index (χ3n) is 2.30. The molecule has 0 heterocycles. The fourth-order valence-electron chi connectivity index (χ4n) is 1.53. The highest BCUT2D eigenvalue weighted by Crippen LogP contribution is 2.37. The average Bonchev–Trinajstić information content (AvgIpc) is 2.31. The molecule has 2 aromatic carbocycles. The number of benzene rings is 2. The lowest BCUT2D eigenvalue weighted by Crippen LogP contribution is -1.85. The minimum Gasteiger partial charge on any atom is -0.507 e. The van der Waals surface area contributed by atoms with Crippen LogP contribution in [0, 0.1) is 11.3 Å². The smallest absolute Gasteiger partial charge is 0.124 e. The third-order valence-corrected chi connectivity index (χ3v) is 2.70. The van der Waals surface area contributed by atoms with Crippen molar-refractivity contribution in [2.75, 3.05) is 0 Å². The Hall–Kier alpha value is -1.98. The Labute approximate surface area is 98.3 Å². The van der Waals surface area contributed by atoms with Gasteiger partial charge in [0.05, 0.1) is 10.6 Å². The van der Waals surface area contributed by atoms with Crippen molar-refractivity contribution in [3.63, 3.8) is 0 Å². The van der Waals surface area contributed by atoms with Crippen LogP contribution in [0.5, 0.6) is 5.75 Å². The normalized spacial score (nSPS) is 9.75. The van der Waals surface area contributed by atoms with E-state index in [2.05, 4.69) is 0 Å². The van der Waals surface area contributed by atoms with Crippen LogP contribution in [0.25, 0.3) is 11.1 Å². The first kappa shape index (κ1) is 10.5. The van der Waals surface area contributed by atoms with Gasteiger partial charge in [0.2, 0.25) is 0 Å². The van der Waals surface area contributed by atoms with Crippen molar-refractivity contribution >= 4 is 11.6 Å². The summed E-state index contributed by atoms with van der Waals surface area (Å²) >= 11 is 6.07. The van der Waals surface area contributed by atoms with E-state index in [1.54, 1.807) is 0 Å². The van der Waals surface area contributed by atoms with E-state index < -0.39 is 0 Å². The highest BCUT2D eigenvalue weighted by atomic mass is 35.5. The Balaban J connectivity index is 2.70. The van der Waals surface area contributed by atoms with E-state index in [4.69, 9.17) is 16.9 Å². The van der Waals surface area contributed by atoms with Gasteiger partial charge in [-0.05, 0) is 17.7 Å². The maximum atomic E-state index is 9.77. The minimum atomic E-state index is 0.0789. The first-order valence-corrected chi connectivity index (χ1v) is 5.09.